The number of nitroso groups, excluding NO2 is 1. The number of primary amides is 1. The van der Waals surface area contributed by atoms with Crippen LogP contribution < -0.4 is 10.2 Å². The second-order valence-corrected chi connectivity index (χ2v) is 12.2. The molecule has 0 unspecified atom stereocenters. The van der Waals surface area contributed by atoms with Gasteiger partial charge in [-0.3, -0.25) is 4.79 Å². The van der Waals surface area contributed by atoms with Gasteiger partial charge < -0.3 is 14.7 Å². The Kier molecular flexibility index (Phi) is 5.12. The molecule has 1 amide bonds. The number of imidazole rings is 1. The predicted molar refractivity (Wildman–Crippen MR) is 99.6 cm³/mol. The highest BCUT2D eigenvalue weighted by Gasteiger charge is 2.40. The molecule has 0 bridgehead atoms. The summed E-state index contributed by atoms with van der Waals surface area (Å²) in [5, 5.41) is 2.85. The standard InChI is InChI=1S/C17H24N4O3Si/c1-17(2,3)25(4,5)24-16-14(15(18)22)21(11-19-16)10-12-6-8-13(20-23)9-7-12/h6-9,11H,10H2,1-5H3,(H2,18,22). The Morgan fingerprint density at radius 3 is 2.36 bits per heavy atom. The Morgan fingerprint density at radius 1 is 1.28 bits per heavy atom. The minimum absolute atomic E-state index is 0.0244. The monoisotopic (exact) mass is 360 g/mol. The summed E-state index contributed by atoms with van der Waals surface area (Å²) in [6, 6.07) is 6.79. The lowest BCUT2D eigenvalue weighted by Crippen LogP contribution is -2.44. The molecule has 0 atom stereocenters. The van der Waals surface area contributed by atoms with E-state index in [2.05, 4.69) is 44.0 Å². The van der Waals surface area contributed by atoms with Crippen LogP contribution in [0.1, 0.15) is 36.8 Å². The van der Waals surface area contributed by atoms with E-state index in [1.165, 1.54) is 0 Å². The summed E-state index contributed by atoms with van der Waals surface area (Å²) in [6.07, 6.45) is 1.55. The van der Waals surface area contributed by atoms with Gasteiger partial charge >= 0.3 is 0 Å². The topological polar surface area (TPSA) is 99.6 Å². The van der Waals surface area contributed by atoms with Gasteiger partial charge in [0.15, 0.2) is 5.69 Å². The van der Waals surface area contributed by atoms with Gasteiger partial charge in [0, 0.05) is 6.54 Å². The maximum absolute atomic E-state index is 12.0. The van der Waals surface area contributed by atoms with Crippen molar-refractivity contribution < 1.29 is 9.22 Å². The number of amides is 1. The lowest BCUT2D eigenvalue weighted by Gasteiger charge is -2.35. The van der Waals surface area contributed by atoms with E-state index in [4.69, 9.17) is 10.2 Å². The highest BCUT2D eigenvalue weighted by molar-refractivity contribution is 6.74. The minimum atomic E-state index is -2.14. The van der Waals surface area contributed by atoms with Crippen LogP contribution in [0.2, 0.25) is 18.1 Å². The smallest absolute Gasteiger partial charge is 0.270 e. The lowest BCUT2D eigenvalue weighted by molar-refractivity contribution is 0.0990. The summed E-state index contributed by atoms with van der Waals surface area (Å²) in [6.45, 7) is 10.9. The second-order valence-electron chi connectivity index (χ2n) is 7.51. The molecule has 1 aromatic heterocycles. The van der Waals surface area contributed by atoms with Crippen LogP contribution in [0.3, 0.4) is 0 Å². The van der Waals surface area contributed by atoms with Crippen LogP contribution in [-0.2, 0) is 6.54 Å². The molecule has 0 aliphatic carbocycles. The van der Waals surface area contributed by atoms with Gasteiger partial charge in [-0.25, -0.2) is 4.98 Å². The molecule has 0 fully saturated rings. The molecular weight excluding hydrogens is 336 g/mol. The van der Waals surface area contributed by atoms with Crippen LogP contribution >= 0.6 is 0 Å². The molecule has 2 N–H and O–H groups in total. The first-order valence-electron chi connectivity index (χ1n) is 8.01. The lowest BCUT2D eigenvalue weighted by atomic mass is 10.2. The number of hydrogen-bond acceptors (Lipinski definition) is 5. The van der Waals surface area contributed by atoms with Gasteiger partial charge in [-0.05, 0) is 41.0 Å². The summed E-state index contributed by atoms with van der Waals surface area (Å²) in [5.74, 6) is -0.303. The van der Waals surface area contributed by atoms with Gasteiger partial charge in [-0.1, -0.05) is 32.9 Å². The van der Waals surface area contributed by atoms with Crippen molar-refractivity contribution in [3.8, 4) is 5.88 Å². The van der Waals surface area contributed by atoms with Crippen molar-refractivity contribution in [3.63, 3.8) is 0 Å². The van der Waals surface area contributed by atoms with Crippen molar-refractivity contribution in [2.75, 3.05) is 0 Å². The third-order valence-corrected chi connectivity index (χ3v) is 8.91. The van der Waals surface area contributed by atoms with Crippen LogP contribution in [0, 0.1) is 4.91 Å². The Balaban J connectivity index is 2.33. The maximum atomic E-state index is 12.0. The molecule has 0 spiro atoms. The maximum Gasteiger partial charge on any atom is 0.270 e. The van der Waals surface area contributed by atoms with E-state index >= 15 is 0 Å². The molecule has 8 heteroatoms. The van der Waals surface area contributed by atoms with Crippen molar-refractivity contribution >= 4 is 19.9 Å². The molecule has 1 heterocycles. The molecule has 25 heavy (non-hydrogen) atoms. The SMILES string of the molecule is CC(C)(C)[Si](C)(C)Oc1ncn(Cc2ccc(N=O)cc2)c1C(N)=O. The summed E-state index contributed by atoms with van der Waals surface area (Å²) in [5.41, 5.74) is 7.07. The first kappa shape index (κ1) is 18.8. The zero-order valence-electron chi connectivity index (χ0n) is 15.2. The highest BCUT2D eigenvalue weighted by Crippen LogP contribution is 2.37. The summed E-state index contributed by atoms with van der Waals surface area (Å²) < 4.78 is 7.82. The number of aromatic nitrogens is 2. The molecule has 2 rings (SSSR count). The fourth-order valence-electron chi connectivity index (χ4n) is 2.06. The number of nitrogens with two attached hydrogens (primary N) is 1. The fourth-order valence-corrected chi connectivity index (χ4v) is 3.00. The summed E-state index contributed by atoms with van der Waals surface area (Å²) in [4.78, 5) is 26.7. The van der Waals surface area contributed by atoms with Crippen molar-refractivity contribution in [1.29, 1.82) is 0 Å². The quantitative estimate of drug-likeness (QED) is 0.625. The van der Waals surface area contributed by atoms with Gasteiger partial charge in [0.1, 0.15) is 5.69 Å². The van der Waals surface area contributed by atoms with E-state index in [1.54, 1.807) is 35.2 Å². The fraction of sp³-hybridized carbons (Fsp3) is 0.412. The number of hydrogen-bond donors (Lipinski definition) is 1. The third-order valence-electron chi connectivity index (χ3n) is 4.59. The number of rotatable bonds is 6. The molecule has 0 saturated heterocycles. The highest BCUT2D eigenvalue weighted by atomic mass is 28.4. The molecule has 0 aliphatic rings. The Hall–Kier alpha value is -2.48. The third kappa shape index (κ3) is 4.14. The molecular formula is C17H24N4O3Si. The van der Waals surface area contributed by atoms with Crippen LogP contribution in [-0.4, -0.2) is 23.8 Å². The Bertz CT molecular complexity index is 776. The number of benzene rings is 1. The van der Waals surface area contributed by atoms with Gasteiger partial charge in [0.2, 0.25) is 5.88 Å². The van der Waals surface area contributed by atoms with E-state index in [9.17, 15) is 9.70 Å². The Morgan fingerprint density at radius 2 is 1.88 bits per heavy atom. The van der Waals surface area contributed by atoms with Gasteiger partial charge in [-0.15, -0.1) is 4.91 Å². The number of carbonyl (C=O) groups is 1. The number of carbonyl (C=O) groups excluding carboxylic acids is 1. The van der Waals surface area contributed by atoms with Crippen LogP contribution in [0.4, 0.5) is 5.69 Å². The predicted octanol–water partition coefficient (Wildman–Crippen LogP) is 3.81. The zero-order valence-corrected chi connectivity index (χ0v) is 16.2. The van der Waals surface area contributed by atoms with Gasteiger partial charge in [0.25, 0.3) is 14.2 Å². The van der Waals surface area contributed by atoms with E-state index in [-0.39, 0.29) is 16.6 Å². The zero-order chi connectivity index (χ0) is 18.8. The average Bonchev–Trinajstić information content (AvgIpc) is 2.88. The van der Waals surface area contributed by atoms with Gasteiger partial charge in [-0.2, -0.15) is 0 Å². The van der Waals surface area contributed by atoms with E-state index in [1.807, 2.05) is 0 Å². The van der Waals surface area contributed by atoms with E-state index in [0.29, 0.717) is 12.2 Å². The normalized spacial score (nSPS) is 12.0. The molecule has 2 aromatic rings. The first-order valence-corrected chi connectivity index (χ1v) is 10.9. The molecule has 0 aliphatic heterocycles. The summed E-state index contributed by atoms with van der Waals surface area (Å²) in [7, 11) is -2.14. The minimum Gasteiger partial charge on any atom is -0.529 e. The molecule has 0 radical (unpaired) electrons. The first-order chi connectivity index (χ1) is 11.5. The largest absolute Gasteiger partial charge is 0.529 e. The van der Waals surface area contributed by atoms with Crippen LogP contribution in [0.5, 0.6) is 5.88 Å². The van der Waals surface area contributed by atoms with Crippen molar-refractivity contribution in [2.45, 2.75) is 45.4 Å². The number of nitrogens with zero attached hydrogens (tertiary/aromatic N) is 3. The van der Waals surface area contributed by atoms with Crippen LogP contribution in [0.15, 0.2) is 35.8 Å². The summed E-state index contributed by atoms with van der Waals surface area (Å²) >= 11 is 0. The van der Waals surface area contributed by atoms with Crippen LogP contribution in [0.25, 0.3) is 0 Å². The van der Waals surface area contributed by atoms with E-state index < -0.39 is 14.2 Å². The van der Waals surface area contributed by atoms with Gasteiger partial charge in [0.05, 0.1) is 6.33 Å². The molecule has 134 valence electrons. The Labute approximate surface area is 148 Å². The molecule has 0 saturated carbocycles. The van der Waals surface area contributed by atoms with Crippen molar-refractivity contribution in [1.82, 2.24) is 9.55 Å². The molecule has 1 aromatic carbocycles. The van der Waals surface area contributed by atoms with Crippen molar-refractivity contribution in [3.05, 3.63) is 46.8 Å². The molecule has 7 nitrogen and oxygen atoms in total. The van der Waals surface area contributed by atoms with Crippen molar-refractivity contribution in [2.24, 2.45) is 10.9 Å². The second kappa shape index (κ2) is 6.79. The average molecular weight is 360 g/mol. The van der Waals surface area contributed by atoms with E-state index in [0.717, 1.165) is 5.56 Å².